The maximum Gasteiger partial charge on any atom is 0.241 e. The standard InChI is InChI=1S/C75H51N9/c1-7-25-52(26-8-1)79(58-43-46-64-61-37-19-22-40-67(61)82(70(64)49-58)55-31-13-4-14-32-55)73-76-74(80(53-27-9-2-10-28-53)59-44-47-65-62-38-20-23-41-68(62)83(71(65)50-59)56-33-15-5-16-34-56)78-75(77-73)81(54-29-11-3-12-30-54)60-45-48-66-63-39-21-24-42-69(63)84(72(66)51-60)57-35-17-6-18-36-57/h1-51H. The maximum atomic E-state index is 5.73. The summed E-state index contributed by atoms with van der Waals surface area (Å²) in [6.45, 7) is 0. The van der Waals surface area contributed by atoms with E-state index in [9.17, 15) is 0 Å². The van der Waals surface area contributed by atoms with Crippen LogP contribution in [0, 0.1) is 0 Å². The molecule has 396 valence electrons. The molecule has 0 atom stereocenters. The Kier molecular flexibility index (Phi) is 11.6. The average molecular weight is 1080 g/mol. The first kappa shape index (κ1) is 48.4. The predicted octanol–water partition coefficient (Wildman–Crippen LogP) is 19.6. The lowest BCUT2D eigenvalue weighted by atomic mass is 10.1. The van der Waals surface area contributed by atoms with Crippen LogP contribution in [0.4, 0.5) is 52.0 Å². The van der Waals surface area contributed by atoms with Crippen molar-refractivity contribution in [2.45, 2.75) is 0 Å². The molecule has 9 heteroatoms. The summed E-state index contributed by atoms with van der Waals surface area (Å²) in [5.41, 5.74) is 15.0. The van der Waals surface area contributed by atoms with Gasteiger partial charge in [-0.2, -0.15) is 15.0 Å². The van der Waals surface area contributed by atoms with Crippen LogP contribution in [0.2, 0.25) is 0 Å². The first-order valence-corrected chi connectivity index (χ1v) is 28.3. The fourth-order valence-corrected chi connectivity index (χ4v) is 12.4. The molecule has 0 aliphatic heterocycles. The van der Waals surface area contributed by atoms with E-state index in [4.69, 9.17) is 15.0 Å². The van der Waals surface area contributed by atoms with Crippen LogP contribution in [0.3, 0.4) is 0 Å². The smallest absolute Gasteiger partial charge is 0.241 e. The van der Waals surface area contributed by atoms with Gasteiger partial charge in [-0.1, -0.05) is 182 Å². The van der Waals surface area contributed by atoms with Gasteiger partial charge in [0.25, 0.3) is 0 Å². The zero-order chi connectivity index (χ0) is 55.5. The molecule has 16 aromatic rings. The fraction of sp³-hybridized carbons (Fsp3) is 0. The molecule has 0 aliphatic rings. The van der Waals surface area contributed by atoms with E-state index < -0.39 is 0 Å². The second-order valence-corrected chi connectivity index (χ2v) is 20.9. The van der Waals surface area contributed by atoms with Crippen molar-refractivity contribution in [2.24, 2.45) is 0 Å². The van der Waals surface area contributed by atoms with Crippen LogP contribution in [-0.4, -0.2) is 28.7 Å². The highest BCUT2D eigenvalue weighted by Gasteiger charge is 2.28. The Labute approximate surface area is 484 Å². The van der Waals surface area contributed by atoms with Gasteiger partial charge in [-0.25, -0.2) is 0 Å². The zero-order valence-electron chi connectivity index (χ0n) is 45.5. The van der Waals surface area contributed by atoms with Crippen LogP contribution in [-0.2, 0) is 0 Å². The van der Waals surface area contributed by atoms with Gasteiger partial charge in [0.15, 0.2) is 0 Å². The van der Waals surface area contributed by atoms with Crippen LogP contribution in [0.5, 0.6) is 0 Å². The van der Waals surface area contributed by atoms with Gasteiger partial charge in [0.1, 0.15) is 0 Å². The molecule has 0 saturated heterocycles. The van der Waals surface area contributed by atoms with Crippen molar-refractivity contribution in [3.05, 3.63) is 309 Å². The summed E-state index contributed by atoms with van der Waals surface area (Å²) in [7, 11) is 0. The number of benzene rings is 12. The highest BCUT2D eigenvalue weighted by atomic mass is 15.4. The molecule has 4 aromatic heterocycles. The van der Waals surface area contributed by atoms with Crippen molar-refractivity contribution >= 4 is 117 Å². The van der Waals surface area contributed by atoms with Gasteiger partial charge in [-0.05, 0) is 127 Å². The van der Waals surface area contributed by atoms with Crippen LogP contribution in [0.15, 0.2) is 309 Å². The minimum atomic E-state index is 0.420. The first-order chi connectivity index (χ1) is 41.7. The molecule has 0 unspecified atom stereocenters. The molecule has 0 aliphatic carbocycles. The van der Waals surface area contributed by atoms with Crippen LogP contribution in [0.1, 0.15) is 0 Å². The van der Waals surface area contributed by atoms with Crippen molar-refractivity contribution in [1.82, 2.24) is 28.7 Å². The van der Waals surface area contributed by atoms with Crippen molar-refractivity contribution in [3.63, 3.8) is 0 Å². The van der Waals surface area contributed by atoms with Crippen LogP contribution in [0.25, 0.3) is 82.5 Å². The van der Waals surface area contributed by atoms with E-state index in [1.807, 2.05) is 18.2 Å². The normalized spacial score (nSPS) is 11.6. The lowest BCUT2D eigenvalue weighted by Gasteiger charge is -2.30. The third-order valence-electron chi connectivity index (χ3n) is 16.0. The summed E-state index contributed by atoms with van der Waals surface area (Å²) in [5.74, 6) is 1.26. The third kappa shape index (κ3) is 8.13. The van der Waals surface area contributed by atoms with Crippen LogP contribution >= 0.6 is 0 Å². The molecule has 0 saturated carbocycles. The second-order valence-electron chi connectivity index (χ2n) is 20.9. The monoisotopic (exact) mass is 1080 g/mol. The molecule has 16 rings (SSSR count). The Balaban J connectivity index is 0.989. The Hall–Kier alpha value is -11.6. The summed E-state index contributed by atoms with van der Waals surface area (Å²) in [6, 6.07) is 109. The largest absolute Gasteiger partial charge is 0.309 e. The maximum absolute atomic E-state index is 5.73. The van der Waals surface area contributed by atoms with E-state index >= 15 is 0 Å². The summed E-state index contributed by atoms with van der Waals surface area (Å²) in [6.07, 6.45) is 0. The number of hydrogen-bond acceptors (Lipinski definition) is 6. The van der Waals surface area contributed by atoms with Gasteiger partial charge in [0.05, 0.1) is 50.2 Å². The number of nitrogens with zero attached hydrogens (tertiary/aromatic N) is 9. The molecule has 84 heavy (non-hydrogen) atoms. The number of hydrogen-bond donors (Lipinski definition) is 0. The highest BCUT2D eigenvalue weighted by molar-refractivity contribution is 6.13. The van der Waals surface area contributed by atoms with E-state index in [1.165, 1.54) is 16.2 Å². The molecule has 12 aromatic carbocycles. The van der Waals surface area contributed by atoms with Crippen molar-refractivity contribution in [3.8, 4) is 17.1 Å². The van der Waals surface area contributed by atoms with E-state index in [-0.39, 0.29) is 0 Å². The highest BCUT2D eigenvalue weighted by Crippen LogP contribution is 2.45. The summed E-state index contributed by atoms with van der Waals surface area (Å²) in [4.78, 5) is 23.7. The molecule has 9 nitrogen and oxygen atoms in total. The predicted molar refractivity (Wildman–Crippen MR) is 347 cm³/mol. The molecule has 0 spiro atoms. The third-order valence-corrected chi connectivity index (χ3v) is 16.0. The lowest BCUT2D eigenvalue weighted by Crippen LogP contribution is -2.22. The summed E-state index contributed by atoms with van der Waals surface area (Å²) >= 11 is 0. The van der Waals surface area contributed by atoms with Crippen LogP contribution < -0.4 is 14.7 Å². The summed E-state index contributed by atoms with van der Waals surface area (Å²) in [5, 5.41) is 6.92. The number of para-hydroxylation sites is 9. The van der Waals surface area contributed by atoms with Crippen molar-refractivity contribution < 1.29 is 0 Å². The number of rotatable bonds is 12. The minimum absolute atomic E-state index is 0.420. The Bertz CT molecular complexity index is 4560. The van der Waals surface area contributed by atoms with E-state index in [1.54, 1.807) is 0 Å². The second kappa shape index (κ2) is 20.2. The molecule has 0 radical (unpaired) electrons. The van der Waals surface area contributed by atoms with E-state index in [2.05, 4.69) is 320 Å². The van der Waals surface area contributed by atoms with Crippen molar-refractivity contribution in [2.75, 3.05) is 14.7 Å². The fourth-order valence-electron chi connectivity index (χ4n) is 12.4. The molecule has 0 N–H and O–H groups in total. The first-order valence-electron chi connectivity index (χ1n) is 28.3. The number of anilines is 9. The molecule has 0 fully saturated rings. The van der Waals surface area contributed by atoms with E-state index in [0.717, 1.165) is 100 Å². The molecule has 0 amide bonds. The zero-order valence-corrected chi connectivity index (χ0v) is 45.5. The van der Waals surface area contributed by atoms with Gasteiger partial charge in [0, 0.05) is 66.4 Å². The Morgan fingerprint density at radius 3 is 0.690 bits per heavy atom. The Morgan fingerprint density at radius 1 is 0.190 bits per heavy atom. The molecule has 4 heterocycles. The van der Waals surface area contributed by atoms with E-state index in [0.29, 0.717) is 17.8 Å². The molecular weight excluding hydrogens is 1030 g/mol. The van der Waals surface area contributed by atoms with Gasteiger partial charge in [-0.3, -0.25) is 14.7 Å². The average Bonchev–Trinajstić information content (AvgIpc) is 3.22. The van der Waals surface area contributed by atoms with Gasteiger partial charge >= 0.3 is 0 Å². The van der Waals surface area contributed by atoms with Crippen molar-refractivity contribution in [1.29, 1.82) is 0 Å². The topological polar surface area (TPSA) is 63.2 Å². The Morgan fingerprint density at radius 2 is 0.417 bits per heavy atom. The summed E-state index contributed by atoms with van der Waals surface area (Å²) < 4.78 is 7.06. The number of fused-ring (bicyclic) bond motifs is 9. The van der Waals surface area contributed by atoms with Gasteiger partial charge < -0.3 is 13.7 Å². The SMILES string of the molecule is c1ccc(N(c2ccc3c4ccccc4n(-c4ccccc4)c3c2)c2nc(N(c3ccccc3)c3ccc4c5ccccc5n(-c5ccccc5)c4c3)nc(N(c3ccccc3)c3ccc4c5ccccc5n(-c5ccccc5)c4c3)n2)cc1. The van der Waals surface area contributed by atoms with Gasteiger partial charge in [-0.15, -0.1) is 0 Å². The van der Waals surface area contributed by atoms with Gasteiger partial charge in [0.2, 0.25) is 17.8 Å². The quantitative estimate of drug-likeness (QED) is 0.121. The molecular formula is C75H51N9. The molecule has 0 bridgehead atoms. The number of aromatic nitrogens is 6. The lowest BCUT2D eigenvalue weighted by molar-refractivity contribution is 0.962. The minimum Gasteiger partial charge on any atom is -0.309 e.